The van der Waals surface area contributed by atoms with Crippen LogP contribution in [0.3, 0.4) is 0 Å². The molecule has 1 aromatic carbocycles. The predicted molar refractivity (Wildman–Crippen MR) is 105 cm³/mol. The van der Waals surface area contributed by atoms with Crippen LogP contribution in [-0.2, 0) is 0 Å². The minimum Gasteiger partial charge on any atom is -0.134 e. The summed E-state index contributed by atoms with van der Waals surface area (Å²) in [5.41, 5.74) is 4.78. The predicted octanol–water partition coefficient (Wildman–Crippen LogP) is 7.39. The van der Waals surface area contributed by atoms with Crippen LogP contribution in [-0.4, -0.2) is 0 Å². The van der Waals surface area contributed by atoms with E-state index >= 15 is 0 Å². The Hall–Kier alpha value is -0.900. The molecule has 21 heavy (non-hydrogen) atoms. The average Bonchev–Trinajstić information content (AvgIpc) is 2.82. The third-order valence-corrected chi connectivity index (χ3v) is 6.78. The lowest BCUT2D eigenvalue weighted by Crippen LogP contribution is -1.86. The second kappa shape index (κ2) is 6.91. The lowest BCUT2D eigenvalue weighted by Gasteiger charge is -2.08. The summed E-state index contributed by atoms with van der Waals surface area (Å²) < 4.78 is 2.20. The fourth-order valence-electron chi connectivity index (χ4n) is 2.14. The average molecular weight is 424 g/mol. The molecule has 0 aliphatic heterocycles. The topological polar surface area (TPSA) is 0 Å². The van der Waals surface area contributed by atoms with E-state index in [2.05, 4.69) is 83.1 Å². The van der Waals surface area contributed by atoms with Crippen molar-refractivity contribution < 1.29 is 0 Å². The van der Waals surface area contributed by atoms with Gasteiger partial charge in [-0.1, -0.05) is 49.6 Å². The van der Waals surface area contributed by atoms with E-state index in [-0.39, 0.29) is 0 Å². The molecule has 0 radical (unpaired) electrons. The van der Waals surface area contributed by atoms with Crippen LogP contribution in [0, 0.1) is 6.92 Å². The number of halogens is 2. The zero-order valence-corrected chi connectivity index (χ0v) is 16.0. The molecule has 0 saturated carbocycles. The maximum Gasteiger partial charge on any atom is 0.0465 e. The molecule has 1 heterocycles. The standard InChI is InChI=1S/C18H16Br2S/c1-5-13-15(6-2)21-18(17(13)20)12(4)16(19)14-10-8-7-9-11(14)3/h5-10H,1-2H2,3-4H3/b16-12-. The second-order valence-corrected chi connectivity index (χ2v) is 7.32. The summed E-state index contributed by atoms with van der Waals surface area (Å²) in [6.07, 6.45) is 3.75. The van der Waals surface area contributed by atoms with Crippen molar-refractivity contribution >= 4 is 65.4 Å². The number of allylic oxidation sites excluding steroid dienone is 1. The van der Waals surface area contributed by atoms with Crippen LogP contribution in [0.4, 0.5) is 0 Å². The first-order chi connectivity index (χ1) is 10.0. The number of thiophene rings is 1. The summed E-state index contributed by atoms with van der Waals surface area (Å²) in [5, 5.41) is 0. The molecule has 1 aromatic heterocycles. The van der Waals surface area contributed by atoms with Crippen molar-refractivity contribution in [2.24, 2.45) is 0 Å². The molecule has 0 unspecified atom stereocenters. The number of aryl methyl sites for hydroxylation is 1. The van der Waals surface area contributed by atoms with E-state index in [1.54, 1.807) is 11.3 Å². The number of hydrogen-bond donors (Lipinski definition) is 0. The molecule has 108 valence electrons. The van der Waals surface area contributed by atoms with Gasteiger partial charge in [0.25, 0.3) is 0 Å². The summed E-state index contributed by atoms with van der Waals surface area (Å²) in [6.45, 7) is 12.0. The largest absolute Gasteiger partial charge is 0.134 e. The SMILES string of the molecule is C=Cc1sc(/C(C)=C(\Br)c2ccccc2C)c(Br)c1C=C. The molecular formula is C18H16Br2S. The molecule has 0 atom stereocenters. The third kappa shape index (κ3) is 3.15. The van der Waals surface area contributed by atoms with Crippen molar-refractivity contribution in [3.8, 4) is 0 Å². The summed E-state index contributed by atoms with van der Waals surface area (Å²) in [7, 11) is 0. The van der Waals surface area contributed by atoms with Gasteiger partial charge >= 0.3 is 0 Å². The Kier molecular flexibility index (Phi) is 5.42. The highest BCUT2D eigenvalue weighted by atomic mass is 79.9. The van der Waals surface area contributed by atoms with Crippen LogP contribution in [0.15, 0.2) is 41.9 Å². The third-order valence-electron chi connectivity index (χ3n) is 3.35. The maximum atomic E-state index is 3.89. The summed E-state index contributed by atoms with van der Waals surface area (Å²) in [4.78, 5) is 2.34. The van der Waals surface area contributed by atoms with Gasteiger partial charge in [-0.25, -0.2) is 0 Å². The molecular weight excluding hydrogens is 408 g/mol. The molecule has 2 rings (SSSR count). The lowest BCUT2D eigenvalue weighted by atomic mass is 10.1. The van der Waals surface area contributed by atoms with Gasteiger partial charge in [-0.05, 0) is 62.4 Å². The van der Waals surface area contributed by atoms with Crippen LogP contribution in [0.1, 0.15) is 33.4 Å². The quantitative estimate of drug-likeness (QED) is 0.480. The Labute approximate surface area is 147 Å². The smallest absolute Gasteiger partial charge is 0.0465 e. The number of benzene rings is 1. The van der Waals surface area contributed by atoms with Crippen LogP contribution in [0.2, 0.25) is 0 Å². The first kappa shape index (κ1) is 16.5. The normalized spacial score (nSPS) is 12.0. The maximum absolute atomic E-state index is 3.89. The van der Waals surface area contributed by atoms with Gasteiger partial charge in [-0.2, -0.15) is 0 Å². The van der Waals surface area contributed by atoms with Crippen LogP contribution < -0.4 is 0 Å². The van der Waals surface area contributed by atoms with Gasteiger partial charge < -0.3 is 0 Å². The highest BCUT2D eigenvalue weighted by Gasteiger charge is 2.16. The Balaban J connectivity index is 2.63. The first-order valence-corrected chi connectivity index (χ1v) is 8.91. The molecule has 2 aromatic rings. The zero-order valence-electron chi connectivity index (χ0n) is 12.0. The molecule has 0 N–H and O–H groups in total. The summed E-state index contributed by atoms with van der Waals surface area (Å²) >= 11 is 9.19. The number of rotatable bonds is 4. The molecule has 3 heteroatoms. The molecule has 0 amide bonds. The van der Waals surface area contributed by atoms with Gasteiger partial charge in [-0.3, -0.25) is 0 Å². The lowest BCUT2D eigenvalue weighted by molar-refractivity contribution is 1.44. The van der Waals surface area contributed by atoms with E-state index in [0.29, 0.717) is 0 Å². The van der Waals surface area contributed by atoms with E-state index < -0.39 is 0 Å². The van der Waals surface area contributed by atoms with Crippen molar-refractivity contribution in [3.63, 3.8) is 0 Å². The minimum absolute atomic E-state index is 1.08. The first-order valence-electron chi connectivity index (χ1n) is 6.51. The van der Waals surface area contributed by atoms with Gasteiger partial charge in [0.1, 0.15) is 0 Å². The Morgan fingerprint density at radius 2 is 1.86 bits per heavy atom. The molecule has 0 aliphatic rings. The Morgan fingerprint density at radius 3 is 2.38 bits per heavy atom. The Bertz CT molecular complexity index is 736. The van der Waals surface area contributed by atoms with Gasteiger partial charge in [0.15, 0.2) is 0 Å². The van der Waals surface area contributed by atoms with E-state index in [1.165, 1.54) is 21.6 Å². The summed E-state index contributed by atoms with van der Waals surface area (Å²) in [5.74, 6) is 0. The fraction of sp³-hybridized carbons (Fsp3) is 0.111. The van der Waals surface area contributed by atoms with E-state index in [4.69, 9.17) is 0 Å². The van der Waals surface area contributed by atoms with Gasteiger partial charge in [0.2, 0.25) is 0 Å². The zero-order chi connectivity index (χ0) is 15.6. The molecule has 0 bridgehead atoms. The summed E-state index contributed by atoms with van der Waals surface area (Å²) in [6, 6.07) is 8.37. The molecule has 0 saturated heterocycles. The highest BCUT2D eigenvalue weighted by Crippen LogP contribution is 2.43. The molecule has 0 aliphatic carbocycles. The van der Waals surface area contributed by atoms with Crippen molar-refractivity contribution in [2.45, 2.75) is 13.8 Å². The molecule has 0 fully saturated rings. The monoisotopic (exact) mass is 422 g/mol. The molecule has 0 nitrogen and oxygen atoms in total. The van der Waals surface area contributed by atoms with Crippen molar-refractivity contribution in [1.82, 2.24) is 0 Å². The van der Waals surface area contributed by atoms with Gasteiger partial charge in [-0.15, -0.1) is 11.3 Å². The van der Waals surface area contributed by atoms with Gasteiger partial charge in [0.05, 0.1) is 0 Å². The van der Waals surface area contributed by atoms with Crippen molar-refractivity contribution in [1.29, 1.82) is 0 Å². The van der Waals surface area contributed by atoms with E-state index in [0.717, 1.165) is 19.4 Å². The van der Waals surface area contributed by atoms with Crippen LogP contribution in [0.5, 0.6) is 0 Å². The number of hydrogen-bond acceptors (Lipinski definition) is 1. The molecule has 0 spiro atoms. The van der Waals surface area contributed by atoms with Crippen LogP contribution in [0.25, 0.3) is 22.2 Å². The van der Waals surface area contributed by atoms with Gasteiger partial charge in [0, 0.05) is 24.3 Å². The van der Waals surface area contributed by atoms with Crippen LogP contribution >= 0.6 is 43.2 Å². The van der Waals surface area contributed by atoms with Crippen molar-refractivity contribution in [2.75, 3.05) is 0 Å². The van der Waals surface area contributed by atoms with E-state index in [1.807, 2.05) is 12.2 Å². The second-order valence-electron chi connectivity index (χ2n) is 4.69. The van der Waals surface area contributed by atoms with E-state index in [9.17, 15) is 0 Å². The highest BCUT2D eigenvalue weighted by molar-refractivity contribution is 9.15. The Morgan fingerprint density at radius 1 is 1.19 bits per heavy atom. The fourth-order valence-corrected chi connectivity index (χ4v) is 5.02. The minimum atomic E-state index is 1.08. The van der Waals surface area contributed by atoms with Crippen molar-refractivity contribution in [3.05, 3.63) is 68.3 Å².